The van der Waals surface area contributed by atoms with Crippen LogP contribution in [0.15, 0.2) is 48.6 Å². The molecule has 33 heavy (non-hydrogen) atoms. The van der Waals surface area contributed by atoms with Crippen LogP contribution in [0.25, 0.3) is 5.76 Å². The second kappa shape index (κ2) is 8.93. The van der Waals surface area contributed by atoms with Crippen molar-refractivity contribution in [1.29, 1.82) is 0 Å². The second-order valence-electron chi connectivity index (χ2n) is 8.06. The average molecular weight is 450 g/mol. The van der Waals surface area contributed by atoms with Gasteiger partial charge in [0.25, 0.3) is 11.7 Å². The Balaban J connectivity index is 1.82. The van der Waals surface area contributed by atoms with Crippen molar-refractivity contribution >= 4 is 17.4 Å². The molecule has 3 heterocycles. The molecule has 1 saturated heterocycles. The van der Waals surface area contributed by atoms with Crippen LogP contribution >= 0.6 is 0 Å². The summed E-state index contributed by atoms with van der Waals surface area (Å²) in [6, 6.07) is 6.46. The first kappa shape index (κ1) is 22.3. The molecular weight excluding hydrogens is 422 g/mol. The van der Waals surface area contributed by atoms with Gasteiger partial charge in [0, 0.05) is 43.8 Å². The van der Waals surface area contributed by atoms with Gasteiger partial charge in [0.15, 0.2) is 0 Å². The lowest BCUT2D eigenvalue weighted by molar-refractivity contribution is -0.140. The summed E-state index contributed by atoms with van der Waals surface area (Å²) in [5.74, 6) is -1.04. The fraction of sp³-hybridized carbons (Fsp3) is 0.333. The Labute approximate surface area is 191 Å². The molecule has 3 aromatic rings. The van der Waals surface area contributed by atoms with E-state index < -0.39 is 17.7 Å². The summed E-state index contributed by atoms with van der Waals surface area (Å²) in [7, 11) is 3.31. The molecule has 0 unspecified atom stereocenters. The van der Waals surface area contributed by atoms with E-state index in [1.54, 1.807) is 44.4 Å². The average Bonchev–Trinajstić information content (AvgIpc) is 3.47. The molecule has 1 fully saturated rings. The first-order valence-corrected chi connectivity index (χ1v) is 10.7. The van der Waals surface area contributed by atoms with Crippen molar-refractivity contribution in [3.8, 4) is 5.75 Å². The Morgan fingerprint density at radius 3 is 2.58 bits per heavy atom. The summed E-state index contributed by atoms with van der Waals surface area (Å²) in [5, 5.41) is 15.7. The number of hydrogen-bond acceptors (Lipinski definition) is 6. The molecule has 0 spiro atoms. The number of rotatable bonds is 7. The number of carbonyl (C=O) groups excluding carboxylic acids is 2. The van der Waals surface area contributed by atoms with Gasteiger partial charge >= 0.3 is 0 Å². The molecular formula is C24H27N5O4. The van der Waals surface area contributed by atoms with Crippen molar-refractivity contribution < 1.29 is 19.4 Å². The first-order valence-electron chi connectivity index (χ1n) is 10.7. The second-order valence-corrected chi connectivity index (χ2v) is 8.06. The summed E-state index contributed by atoms with van der Waals surface area (Å²) >= 11 is 0. The van der Waals surface area contributed by atoms with Gasteiger partial charge in [-0.3, -0.25) is 14.3 Å². The molecule has 0 aliphatic carbocycles. The Morgan fingerprint density at radius 1 is 1.18 bits per heavy atom. The van der Waals surface area contributed by atoms with Gasteiger partial charge in [-0.15, -0.1) is 0 Å². The third kappa shape index (κ3) is 3.90. The maximum atomic E-state index is 13.2. The third-order valence-electron chi connectivity index (χ3n) is 6.09. The highest BCUT2D eigenvalue weighted by Gasteiger charge is 2.47. The number of benzene rings is 1. The summed E-state index contributed by atoms with van der Waals surface area (Å²) in [6.07, 6.45) is 5.86. The quantitative estimate of drug-likeness (QED) is 0.338. The van der Waals surface area contributed by atoms with E-state index >= 15 is 0 Å². The Bertz CT molecular complexity index is 1230. The van der Waals surface area contributed by atoms with Gasteiger partial charge in [0.05, 0.1) is 36.3 Å². The normalized spacial score (nSPS) is 17.7. The van der Waals surface area contributed by atoms with E-state index in [2.05, 4.69) is 10.1 Å². The van der Waals surface area contributed by atoms with Crippen LogP contribution < -0.4 is 4.74 Å². The minimum Gasteiger partial charge on any atom is -0.507 e. The zero-order valence-corrected chi connectivity index (χ0v) is 19.1. The molecule has 9 nitrogen and oxygen atoms in total. The number of para-hydroxylation sites is 1. The standard InChI is InChI=1S/C24H27N5O4/c1-15-19(16(2)27(3)26-15)22(30)20-21(17-8-5-6-9-18(17)33-4)29(24(32)23(20)31)12-7-11-28-13-10-25-14-28/h5-6,8-10,13-14,21,30H,7,11-12H2,1-4H3/b22-20+/t21-/m0/s1. The van der Waals surface area contributed by atoms with Crippen molar-refractivity contribution in [2.24, 2.45) is 7.05 Å². The number of likely N-dealkylation sites (tertiary alicyclic amines) is 1. The lowest BCUT2D eigenvalue weighted by Crippen LogP contribution is -2.31. The Hall–Kier alpha value is -3.88. The number of amides is 1. The number of carbonyl (C=O) groups is 2. The lowest BCUT2D eigenvalue weighted by atomic mass is 9.94. The van der Waals surface area contributed by atoms with Crippen LogP contribution in [0.1, 0.15) is 35.0 Å². The molecule has 0 saturated carbocycles. The summed E-state index contributed by atoms with van der Waals surface area (Å²) < 4.78 is 9.10. The molecule has 0 radical (unpaired) electrons. The fourth-order valence-corrected chi connectivity index (χ4v) is 4.42. The van der Waals surface area contributed by atoms with Crippen molar-refractivity contribution in [2.45, 2.75) is 32.9 Å². The summed E-state index contributed by atoms with van der Waals surface area (Å²) in [4.78, 5) is 31.9. The number of aryl methyl sites for hydroxylation is 3. The van der Waals surface area contributed by atoms with E-state index in [1.165, 1.54) is 4.90 Å². The monoisotopic (exact) mass is 449 g/mol. The predicted molar refractivity (Wildman–Crippen MR) is 122 cm³/mol. The van der Waals surface area contributed by atoms with Crippen molar-refractivity contribution in [1.82, 2.24) is 24.2 Å². The topological polar surface area (TPSA) is 102 Å². The number of aromatic nitrogens is 4. The molecule has 1 aliphatic rings. The zero-order valence-electron chi connectivity index (χ0n) is 19.1. The van der Waals surface area contributed by atoms with E-state index in [0.717, 1.165) is 0 Å². The zero-order chi connectivity index (χ0) is 23.7. The van der Waals surface area contributed by atoms with Crippen LogP contribution in [0.5, 0.6) is 5.75 Å². The van der Waals surface area contributed by atoms with Crippen LogP contribution in [-0.2, 0) is 23.2 Å². The number of methoxy groups -OCH3 is 1. The minimum absolute atomic E-state index is 0.0475. The maximum absolute atomic E-state index is 13.2. The maximum Gasteiger partial charge on any atom is 0.295 e. The molecule has 9 heteroatoms. The largest absolute Gasteiger partial charge is 0.507 e. The van der Waals surface area contributed by atoms with Crippen molar-refractivity contribution in [3.63, 3.8) is 0 Å². The van der Waals surface area contributed by atoms with E-state index in [0.29, 0.717) is 47.8 Å². The molecule has 172 valence electrons. The fourth-order valence-electron chi connectivity index (χ4n) is 4.42. The van der Waals surface area contributed by atoms with Gasteiger partial charge in [0.2, 0.25) is 0 Å². The number of nitrogens with zero attached hydrogens (tertiary/aromatic N) is 5. The molecule has 4 rings (SSSR count). The Kier molecular flexibility index (Phi) is 6.04. The van der Waals surface area contributed by atoms with Gasteiger partial charge < -0.3 is 19.3 Å². The molecule has 1 amide bonds. The van der Waals surface area contributed by atoms with Gasteiger partial charge in [-0.2, -0.15) is 5.10 Å². The van der Waals surface area contributed by atoms with Crippen LogP contribution in [0.4, 0.5) is 0 Å². The highest BCUT2D eigenvalue weighted by atomic mass is 16.5. The SMILES string of the molecule is COc1ccccc1[C@H]1/C(=C(\O)c2c(C)nn(C)c2C)C(=O)C(=O)N1CCCn1ccnc1. The molecule has 0 bridgehead atoms. The van der Waals surface area contributed by atoms with Gasteiger partial charge in [-0.1, -0.05) is 18.2 Å². The number of hydrogen-bond donors (Lipinski definition) is 1. The van der Waals surface area contributed by atoms with Crippen LogP contribution in [0, 0.1) is 13.8 Å². The summed E-state index contributed by atoms with van der Waals surface area (Å²) in [5.41, 5.74) is 2.44. The minimum atomic E-state index is -0.775. The number of Topliss-reactive ketones (excluding diaryl/α,β-unsaturated/α-hetero) is 1. The highest BCUT2D eigenvalue weighted by Crippen LogP contribution is 2.43. The van der Waals surface area contributed by atoms with Crippen LogP contribution in [-0.4, -0.2) is 54.7 Å². The van der Waals surface area contributed by atoms with Crippen LogP contribution in [0.2, 0.25) is 0 Å². The molecule has 1 aromatic carbocycles. The van der Waals surface area contributed by atoms with Gasteiger partial charge in [-0.25, -0.2) is 4.98 Å². The first-order chi connectivity index (χ1) is 15.8. The van der Waals surface area contributed by atoms with Gasteiger partial charge in [-0.05, 0) is 26.3 Å². The molecule has 1 aliphatic heterocycles. The smallest absolute Gasteiger partial charge is 0.295 e. The highest BCUT2D eigenvalue weighted by molar-refractivity contribution is 6.46. The van der Waals surface area contributed by atoms with Crippen LogP contribution in [0.3, 0.4) is 0 Å². The third-order valence-corrected chi connectivity index (χ3v) is 6.09. The molecule has 2 aromatic heterocycles. The van der Waals surface area contributed by atoms with Gasteiger partial charge in [0.1, 0.15) is 11.5 Å². The van der Waals surface area contributed by atoms with E-state index in [4.69, 9.17) is 4.74 Å². The van der Waals surface area contributed by atoms with Crippen molar-refractivity contribution in [2.75, 3.05) is 13.7 Å². The predicted octanol–water partition coefficient (Wildman–Crippen LogP) is 2.75. The van der Waals surface area contributed by atoms with E-state index in [-0.39, 0.29) is 11.3 Å². The van der Waals surface area contributed by atoms with E-state index in [9.17, 15) is 14.7 Å². The van der Waals surface area contributed by atoms with Crippen molar-refractivity contribution in [3.05, 3.63) is 71.1 Å². The number of aliphatic hydroxyl groups is 1. The molecule has 1 N–H and O–H groups in total. The number of ketones is 1. The number of imidazole rings is 1. The lowest BCUT2D eigenvalue weighted by Gasteiger charge is -2.26. The summed E-state index contributed by atoms with van der Waals surface area (Å²) in [6.45, 7) is 4.55. The number of ether oxygens (including phenoxy) is 1. The molecule has 1 atom stereocenters. The number of aliphatic hydroxyl groups excluding tert-OH is 1. The van der Waals surface area contributed by atoms with E-state index in [1.807, 2.05) is 35.9 Å². The Morgan fingerprint density at radius 2 is 1.94 bits per heavy atom.